The molecule has 0 amide bonds. The van der Waals surface area contributed by atoms with Gasteiger partial charge in [-0.15, -0.1) is 0 Å². The van der Waals surface area contributed by atoms with Crippen LogP contribution in [0.2, 0.25) is 0 Å². The van der Waals surface area contributed by atoms with Crippen LogP contribution in [0.4, 0.5) is 0 Å². The van der Waals surface area contributed by atoms with Crippen molar-refractivity contribution in [1.29, 1.82) is 0 Å². The van der Waals surface area contributed by atoms with Crippen molar-refractivity contribution in [1.82, 2.24) is 0 Å². The van der Waals surface area contributed by atoms with Gasteiger partial charge >= 0.3 is 39.5 Å². The fourth-order valence-corrected chi connectivity index (χ4v) is 13.4. The van der Waals surface area contributed by atoms with Gasteiger partial charge in [0.1, 0.15) is 19.3 Å². The van der Waals surface area contributed by atoms with Crippen LogP contribution in [0.1, 0.15) is 401 Å². The molecule has 6 atom stereocenters. The number of phosphoric acid groups is 2. The van der Waals surface area contributed by atoms with Crippen LogP contribution in [0.15, 0.2) is 0 Å². The highest BCUT2D eigenvalue weighted by Crippen LogP contribution is 2.45. The molecule has 570 valence electrons. The number of rotatable bonds is 76. The van der Waals surface area contributed by atoms with E-state index in [-0.39, 0.29) is 25.7 Å². The molecule has 0 aliphatic rings. The summed E-state index contributed by atoms with van der Waals surface area (Å²) in [6.07, 6.45) is 56.7. The Balaban J connectivity index is 5.23. The Morgan fingerprint density at radius 2 is 0.531 bits per heavy atom. The van der Waals surface area contributed by atoms with Crippen LogP contribution >= 0.6 is 15.6 Å². The van der Waals surface area contributed by atoms with Gasteiger partial charge in [-0.2, -0.15) is 0 Å². The molecule has 17 nitrogen and oxygen atoms in total. The number of aliphatic hydroxyl groups excluding tert-OH is 1. The van der Waals surface area contributed by atoms with E-state index >= 15 is 0 Å². The van der Waals surface area contributed by atoms with Gasteiger partial charge in [-0.25, -0.2) is 9.13 Å². The molecule has 0 aliphatic heterocycles. The summed E-state index contributed by atoms with van der Waals surface area (Å²) in [5, 5.41) is 10.6. The number of unbranched alkanes of at least 4 members (excludes halogenated alkanes) is 45. The molecule has 0 saturated carbocycles. The quantitative estimate of drug-likeness (QED) is 0.0222. The summed E-state index contributed by atoms with van der Waals surface area (Å²) in [6, 6.07) is 0. The highest BCUT2D eigenvalue weighted by molar-refractivity contribution is 7.47. The second-order valence-corrected chi connectivity index (χ2v) is 31.4. The van der Waals surface area contributed by atoms with Crippen molar-refractivity contribution in [3.8, 4) is 0 Å². The fourth-order valence-electron chi connectivity index (χ4n) is 11.8. The van der Waals surface area contributed by atoms with Crippen molar-refractivity contribution < 1.29 is 80.2 Å². The topological polar surface area (TPSA) is 237 Å². The van der Waals surface area contributed by atoms with Crippen molar-refractivity contribution in [2.45, 2.75) is 419 Å². The number of hydrogen-bond acceptors (Lipinski definition) is 15. The first kappa shape index (κ1) is 94.1. The Hall–Kier alpha value is -1.94. The fraction of sp³-hybridized carbons (Fsp3) is 0.948. The maximum atomic E-state index is 13.1. The van der Waals surface area contributed by atoms with E-state index in [1.807, 2.05) is 0 Å². The molecule has 0 aromatic heterocycles. The Morgan fingerprint density at radius 1 is 0.302 bits per heavy atom. The molecule has 0 fully saturated rings. The predicted molar refractivity (Wildman–Crippen MR) is 391 cm³/mol. The minimum Gasteiger partial charge on any atom is -0.462 e. The first-order chi connectivity index (χ1) is 46.4. The van der Waals surface area contributed by atoms with Gasteiger partial charge in [-0.1, -0.05) is 350 Å². The lowest BCUT2D eigenvalue weighted by Gasteiger charge is -2.21. The Morgan fingerprint density at radius 3 is 0.792 bits per heavy atom. The Bertz CT molecular complexity index is 1860. The summed E-state index contributed by atoms with van der Waals surface area (Å²) >= 11 is 0. The largest absolute Gasteiger partial charge is 0.472 e. The monoisotopic (exact) mass is 1410 g/mol. The SMILES string of the molecule is CCCCCCCCCCCCCCCCC(=O)O[C@H](COC(=O)CCCCCCCCCCC)COP(=O)(O)OC[C@H](O)COP(=O)(O)OC[C@@H](COC(=O)CCCCCCCCCCCCCCC(C)C)OC(=O)CCCCCCCCCCCCCCCCC(C)CC. The van der Waals surface area contributed by atoms with Crippen molar-refractivity contribution >= 4 is 39.5 Å². The van der Waals surface area contributed by atoms with Gasteiger partial charge in [-0.3, -0.25) is 37.3 Å². The highest BCUT2D eigenvalue weighted by Gasteiger charge is 2.30. The van der Waals surface area contributed by atoms with Crippen LogP contribution in [-0.2, 0) is 65.4 Å². The number of ether oxygens (including phenoxy) is 4. The summed E-state index contributed by atoms with van der Waals surface area (Å²) < 4.78 is 68.6. The normalized spacial score (nSPS) is 14.3. The third-order valence-corrected chi connectivity index (χ3v) is 20.2. The maximum Gasteiger partial charge on any atom is 0.472 e. The summed E-state index contributed by atoms with van der Waals surface area (Å²) in [4.78, 5) is 72.8. The minimum atomic E-state index is -4.96. The standard InChI is InChI=1S/C77H150O17P2/c1-7-10-12-14-16-18-19-20-24-31-37-43-49-55-61-76(81)93-72(65-87-74(79)59-53-47-41-33-17-15-13-11-8-2)67-91-95(83,84)89-63-71(78)64-90-96(85,86)92-68-73(66-88-75(80)60-54-48-42-36-30-27-26-28-34-39-45-51-57-69(4)5)94-77(82)62-56-50-44-38-32-25-22-21-23-29-35-40-46-52-58-70(6)9-3/h69-73,78H,7-68H2,1-6H3,(H,83,84)(H,85,86)/t70?,71-,72+,73+/m0/s1. The molecule has 3 unspecified atom stereocenters. The predicted octanol–water partition coefficient (Wildman–Crippen LogP) is 22.7. The van der Waals surface area contributed by atoms with Gasteiger partial charge in [0, 0.05) is 25.7 Å². The number of carbonyl (C=O) groups is 4. The lowest BCUT2D eigenvalue weighted by atomic mass is 9.99. The van der Waals surface area contributed by atoms with E-state index in [0.717, 1.165) is 102 Å². The third-order valence-electron chi connectivity index (χ3n) is 18.3. The summed E-state index contributed by atoms with van der Waals surface area (Å²) in [5.41, 5.74) is 0. The number of carbonyl (C=O) groups excluding carboxylic acids is 4. The van der Waals surface area contributed by atoms with Crippen LogP contribution < -0.4 is 0 Å². The molecule has 0 aromatic carbocycles. The van der Waals surface area contributed by atoms with Gasteiger partial charge in [-0.05, 0) is 37.5 Å². The third kappa shape index (κ3) is 69.2. The second-order valence-electron chi connectivity index (χ2n) is 28.5. The van der Waals surface area contributed by atoms with Crippen LogP contribution in [0.25, 0.3) is 0 Å². The molecular formula is C77H150O17P2. The molecule has 3 N–H and O–H groups in total. The van der Waals surface area contributed by atoms with E-state index in [4.69, 9.17) is 37.0 Å². The lowest BCUT2D eigenvalue weighted by Crippen LogP contribution is -2.30. The van der Waals surface area contributed by atoms with E-state index in [1.54, 1.807) is 0 Å². The molecule has 0 heterocycles. The molecule has 0 radical (unpaired) electrons. The Kier molecular flexibility index (Phi) is 67.4. The van der Waals surface area contributed by atoms with E-state index in [9.17, 15) is 43.2 Å². The molecule has 19 heteroatoms. The molecule has 0 bridgehead atoms. The minimum absolute atomic E-state index is 0.108. The molecule has 0 aliphatic carbocycles. The number of aliphatic hydroxyl groups is 1. The summed E-state index contributed by atoms with van der Waals surface area (Å²) in [5.74, 6) is -0.486. The van der Waals surface area contributed by atoms with E-state index in [0.29, 0.717) is 25.7 Å². The average Bonchev–Trinajstić information content (AvgIpc) is 1.07. The lowest BCUT2D eigenvalue weighted by molar-refractivity contribution is -0.161. The highest BCUT2D eigenvalue weighted by atomic mass is 31.2. The van der Waals surface area contributed by atoms with Crippen LogP contribution in [-0.4, -0.2) is 96.7 Å². The molecule has 0 spiro atoms. The van der Waals surface area contributed by atoms with E-state index < -0.39 is 97.5 Å². The molecule has 0 rings (SSSR count). The second kappa shape index (κ2) is 68.8. The van der Waals surface area contributed by atoms with E-state index in [1.165, 1.54) is 218 Å². The summed E-state index contributed by atoms with van der Waals surface area (Å²) in [6.45, 7) is 9.66. The first-order valence-electron chi connectivity index (χ1n) is 40.0. The van der Waals surface area contributed by atoms with Crippen LogP contribution in [0, 0.1) is 11.8 Å². The zero-order valence-electron chi connectivity index (χ0n) is 62.7. The number of phosphoric ester groups is 2. The average molecular weight is 1410 g/mol. The maximum absolute atomic E-state index is 13.1. The number of hydrogen-bond donors (Lipinski definition) is 3. The van der Waals surface area contributed by atoms with Crippen molar-refractivity contribution in [2.75, 3.05) is 39.6 Å². The van der Waals surface area contributed by atoms with Gasteiger partial charge in [0.2, 0.25) is 0 Å². The van der Waals surface area contributed by atoms with Crippen LogP contribution in [0.3, 0.4) is 0 Å². The van der Waals surface area contributed by atoms with Crippen molar-refractivity contribution in [3.63, 3.8) is 0 Å². The summed E-state index contributed by atoms with van der Waals surface area (Å²) in [7, 11) is -9.91. The Labute approximate surface area is 588 Å². The van der Waals surface area contributed by atoms with Gasteiger partial charge < -0.3 is 33.8 Å². The molecule has 0 saturated heterocycles. The van der Waals surface area contributed by atoms with Crippen LogP contribution in [0.5, 0.6) is 0 Å². The van der Waals surface area contributed by atoms with Gasteiger partial charge in [0.25, 0.3) is 0 Å². The van der Waals surface area contributed by atoms with E-state index in [2.05, 4.69) is 41.5 Å². The zero-order valence-corrected chi connectivity index (χ0v) is 64.5. The first-order valence-corrected chi connectivity index (χ1v) is 43.0. The van der Waals surface area contributed by atoms with Gasteiger partial charge in [0.15, 0.2) is 12.2 Å². The van der Waals surface area contributed by atoms with Crippen molar-refractivity contribution in [2.24, 2.45) is 11.8 Å². The molecule has 96 heavy (non-hydrogen) atoms. The van der Waals surface area contributed by atoms with Gasteiger partial charge in [0.05, 0.1) is 26.4 Å². The smallest absolute Gasteiger partial charge is 0.462 e. The number of esters is 4. The van der Waals surface area contributed by atoms with Crippen molar-refractivity contribution in [3.05, 3.63) is 0 Å². The zero-order chi connectivity index (χ0) is 70.7. The molecular weight excluding hydrogens is 1260 g/mol. The molecule has 0 aromatic rings.